The molecule has 0 bridgehead atoms. The standard InChI is InChI=1S/C28H43N3O3.C3H6/c1-19(2)27(33)26(21-10-6-5-7-11-21)30-28(34)23-13-8-12-22(16-23)24-14-9-15-31(18-24)25(32)17-29-20(3)4;1-3-2/h8,12-13,16,19-21,24,26,29H,5-7,9-11,14-15,17-18H2,1-4H3,(H,30,34);3H,1H2,2H3. The lowest BCUT2D eigenvalue weighted by Crippen LogP contribution is -2.48. The number of nitrogens with zero attached hydrogens (tertiary/aromatic N) is 1. The van der Waals surface area contributed by atoms with Gasteiger partial charge in [-0.3, -0.25) is 14.4 Å². The molecule has 6 heteroatoms. The van der Waals surface area contributed by atoms with Crippen molar-refractivity contribution in [1.82, 2.24) is 15.5 Å². The number of nitrogens with one attached hydrogen (secondary N) is 2. The maximum atomic E-state index is 13.2. The van der Waals surface area contributed by atoms with Gasteiger partial charge in [-0.1, -0.05) is 65.2 Å². The van der Waals surface area contributed by atoms with Gasteiger partial charge < -0.3 is 15.5 Å². The fourth-order valence-electron chi connectivity index (χ4n) is 5.29. The van der Waals surface area contributed by atoms with Crippen LogP contribution in [-0.2, 0) is 9.59 Å². The molecule has 2 fully saturated rings. The molecule has 1 aliphatic heterocycles. The number of likely N-dealkylation sites (tertiary alicyclic amines) is 1. The molecule has 1 saturated carbocycles. The summed E-state index contributed by atoms with van der Waals surface area (Å²) in [6, 6.07) is 7.63. The fraction of sp³-hybridized carbons (Fsp3) is 0.645. The van der Waals surface area contributed by atoms with Crippen LogP contribution in [0.2, 0.25) is 0 Å². The van der Waals surface area contributed by atoms with E-state index in [0.717, 1.165) is 50.6 Å². The number of allylic oxidation sites excluding steroid dienone is 1. The van der Waals surface area contributed by atoms with E-state index in [1.807, 2.05) is 57.7 Å². The maximum absolute atomic E-state index is 13.2. The van der Waals surface area contributed by atoms with Crippen molar-refractivity contribution in [2.45, 2.75) is 97.6 Å². The SMILES string of the molecule is C=CC.CC(C)NCC(=O)N1CCCC(c2cccc(C(=O)NC(C(=O)C(C)C)C3CCCCC3)c2)C1. The molecule has 2 N–H and O–H groups in total. The number of carbonyl (C=O) groups is 3. The second-order valence-electron chi connectivity index (χ2n) is 11.2. The van der Waals surface area contributed by atoms with Crippen LogP contribution in [0.15, 0.2) is 36.9 Å². The smallest absolute Gasteiger partial charge is 0.251 e. The monoisotopic (exact) mass is 511 g/mol. The van der Waals surface area contributed by atoms with Crippen molar-refractivity contribution in [3.05, 3.63) is 48.0 Å². The Bertz CT molecular complexity index is 889. The van der Waals surface area contributed by atoms with Crippen LogP contribution in [-0.4, -0.2) is 54.2 Å². The molecule has 37 heavy (non-hydrogen) atoms. The van der Waals surface area contributed by atoms with Crippen molar-refractivity contribution >= 4 is 17.6 Å². The number of ketones is 1. The minimum atomic E-state index is -0.410. The Labute approximate surface area is 224 Å². The number of hydrogen-bond acceptors (Lipinski definition) is 4. The molecule has 1 heterocycles. The zero-order chi connectivity index (χ0) is 27.4. The van der Waals surface area contributed by atoms with E-state index in [2.05, 4.69) is 23.3 Å². The number of Topliss-reactive ketones (excluding diaryl/α,β-unsaturated/α-hetero) is 1. The van der Waals surface area contributed by atoms with Crippen LogP contribution in [0.3, 0.4) is 0 Å². The number of rotatable bonds is 9. The van der Waals surface area contributed by atoms with Crippen LogP contribution in [0.25, 0.3) is 0 Å². The Morgan fingerprint density at radius 3 is 2.35 bits per heavy atom. The topological polar surface area (TPSA) is 78.5 Å². The van der Waals surface area contributed by atoms with Crippen molar-refractivity contribution < 1.29 is 14.4 Å². The second kappa shape index (κ2) is 15.7. The van der Waals surface area contributed by atoms with Gasteiger partial charge in [-0.15, -0.1) is 6.58 Å². The van der Waals surface area contributed by atoms with Crippen LogP contribution in [0.5, 0.6) is 0 Å². The van der Waals surface area contributed by atoms with E-state index in [1.165, 1.54) is 6.42 Å². The van der Waals surface area contributed by atoms with E-state index in [4.69, 9.17) is 0 Å². The quantitative estimate of drug-likeness (QED) is 0.430. The number of hydrogen-bond donors (Lipinski definition) is 2. The van der Waals surface area contributed by atoms with Gasteiger partial charge in [0.05, 0.1) is 12.6 Å². The lowest BCUT2D eigenvalue weighted by molar-refractivity contribution is -0.131. The van der Waals surface area contributed by atoms with Gasteiger partial charge >= 0.3 is 0 Å². The molecule has 0 spiro atoms. The molecule has 3 rings (SSSR count). The summed E-state index contributed by atoms with van der Waals surface area (Å²) in [6.07, 6.45) is 9.18. The summed E-state index contributed by atoms with van der Waals surface area (Å²) in [4.78, 5) is 40.8. The van der Waals surface area contributed by atoms with Gasteiger partial charge in [0, 0.05) is 36.5 Å². The van der Waals surface area contributed by atoms with E-state index in [1.54, 1.807) is 6.08 Å². The highest BCUT2D eigenvalue weighted by Crippen LogP contribution is 2.30. The second-order valence-corrected chi connectivity index (χ2v) is 11.2. The average Bonchev–Trinajstić information content (AvgIpc) is 2.90. The first-order valence-corrected chi connectivity index (χ1v) is 14.2. The minimum absolute atomic E-state index is 0.102. The first-order valence-electron chi connectivity index (χ1n) is 14.2. The minimum Gasteiger partial charge on any atom is -0.342 e. The maximum Gasteiger partial charge on any atom is 0.251 e. The third-order valence-corrected chi connectivity index (χ3v) is 7.34. The lowest BCUT2D eigenvalue weighted by Gasteiger charge is -2.33. The van der Waals surface area contributed by atoms with Crippen LogP contribution in [0.4, 0.5) is 0 Å². The van der Waals surface area contributed by atoms with Crippen LogP contribution < -0.4 is 10.6 Å². The fourth-order valence-corrected chi connectivity index (χ4v) is 5.29. The van der Waals surface area contributed by atoms with Crippen molar-refractivity contribution in [1.29, 1.82) is 0 Å². The third-order valence-electron chi connectivity index (χ3n) is 7.34. The van der Waals surface area contributed by atoms with E-state index < -0.39 is 6.04 Å². The van der Waals surface area contributed by atoms with Crippen LogP contribution in [0, 0.1) is 11.8 Å². The van der Waals surface area contributed by atoms with Crippen molar-refractivity contribution in [2.75, 3.05) is 19.6 Å². The van der Waals surface area contributed by atoms with Crippen LogP contribution in [0.1, 0.15) is 101 Å². The molecule has 206 valence electrons. The van der Waals surface area contributed by atoms with Crippen LogP contribution >= 0.6 is 0 Å². The summed E-state index contributed by atoms with van der Waals surface area (Å²) in [7, 11) is 0. The molecule has 0 aromatic heterocycles. The largest absolute Gasteiger partial charge is 0.342 e. The first-order chi connectivity index (χ1) is 17.7. The Kier molecular flexibility index (Phi) is 13.1. The highest BCUT2D eigenvalue weighted by molar-refractivity contribution is 5.98. The van der Waals surface area contributed by atoms with Gasteiger partial charge in [0.2, 0.25) is 5.91 Å². The van der Waals surface area contributed by atoms with Gasteiger partial charge in [-0.05, 0) is 56.2 Å². The number of benzene rings is 1. The van der Waals surface area contributed by atoms with Crippen molar-refractivity contribution in [2.24, 2.45) is 11.8 Å². The Balaban J connectivity index is 0.00000153. The lowest BCUT2D eigenvalue weighted by atomic mass is 9.80. The Hall–Kier alpha value is -2.47. The van der Waals surface area contributed by atoms with Gasteiger partial charge in [-0.25, -0.2) is 0 Å². The van der Waals surface area contributed by atoms with E-state index in [0.29, 0.717) is 18.7 Å². The summed E-state index contributed by atoms with van der Waals surface area (Å²) in [5.74, 6) is 0.442. The summed E-state index contributed by atoms with van der Waals surface area (Å²) >= 11 is 0. The van der Waals surface area contributed by atoms with E-state index >= 15 is 0 Å². The zero-order valence-electron chi connectivity index (χ0n) is 23.7. The Morgan fingerprint density at radius 1 is 1.05 bits per heavy atom. The third kappa shape index (κ3) is 9.73. The molecular formula is C31H49N3O3. The summed E-state index contributed by atoms with van der Waals surface area (Å²) in [5.41, 5.74) is 1.69. The normalized spacial score (nSPS) is 19.1. The van der Waals surface area contributed by atoms with E-state index in [-0.39, 0.29) is 41.4 Å². The van der Waals surface area contributed by atoms with E-state index in [9.17, 15) is 14.4 Å². The summed E-state index contributed by atoms with van der Waals surface area (Å²) < 4.78 is 0. The molecule has 2 aliphatic rings. The number of carbonyl (C=O) groups excluding carboxylic acids is 3. The summed E-state index contributed by atoms with van der Waals surface area (Å²) in [6.45, 7) is 15.0. The molecular weight excluding hydrogens is 462 g/mol. The molecule has 1 aromatic carbocycles. The zero-order valence-corrected chi connectivity index (χ0v) is 23.7. The highest BCUT2D eigenvalue weighted by Gasteiger charge is 2.32. The predicted octanol–water partition coefficient (Wildman–Crippen LogP) is 5.49. The average molecular weight is 512 g/mol. The number of amides is 2. The predicted molar refractivity (Wildman–Crippen MR) is 152 cm³/mol. The molecule has 2 unspecified atom stereocenters. The molecule has 1 saturated heterocycles. The molecule has 6 nitrogen and oxygen atoms in total. The molecule has 2 amide bonds. The van der Waals surface area contributed by atoms with Gasteiger partial charge in [-0.2, -0.15) is 0 Å². The molecule has 1 aromatic rings. The molecule has 2 atom stereocenters. The van der Waals surface area contributed by atoms with Gasteiger partial charge in [0.1, 0.15) is 0 Å². The molecule has 1 aliphatic carbocycles. The van der Waals surface area contributed by atoms with Gasteiger partial charge in [0.15, 0.2) is 5.78 Å². The van der Waals surface area contributed by atoms with Crippen molar-refractivity contribution in [3.8, 4) is 0 Å². The summed E-state index contributed by atoms with van der Waals surface area (Å²) in [5, 5.41) is 6.32. The molecule has 0 radical (unpaired) electrons. The number of piperidine rings is 1. The highest BCUT2D eigenvalue weighted by atomic mass is 16.2. The van der Waals surface area contributed by atoms with Crippen molar-refractivity contribution in [3.63, 3.8) is 0 Å². The van der Waals surface area contributed by atoms with Gasteiger partial charge in [0.25, 0.3) is 5.91 Å². The Morgan fingerprint density at radius 2 is 1.73 bits per heavy atom. The first kappa shape index (κ1) is 30.8.